The number of hydrogen-bond donors (Lipinski definition) is 0. The third kappa shape index (κ3) is 4.22. The van der Waals surface area contributed by atoms with E-state index in [0.29, 0.717) is 22.9 Å². The second kappa shape index (κ2) is 7.13. The van der Waals surface area contributed by atoms with Gasteiger partial charge >= 0.3 is 0 Å². The number of hydrogen-bond acceptors (Lipinski definition) is 5. The number of benzene rings is 1. The van der Waals surface area contributed by atoms with Crippen LogP contribution < -0.4 is 0 Å². The molecule has 1 fully saturated rings. The number of ketones is 1. The van der Waals surface area contributed by atoms with Crippen molar-refractivity contribution in [1.29, 1.82) is 0 Å². The fraction of sp³-hybridized carbons (Fsp3) is 0.500. The van der Waals surface area contributed by atoms with Crippen LogP contribution in [0.2, 0.25) is 5.02 Å². The minimum Gasteiger partial charge on any atom is -0.293 e. The average Bonchev–Trinajstić information content (AvgIpc) is 2.48. The van der Waals surface area contributed by atoms with E-state index in [1.54, 1.807) is 47.9 Å². The molecule has 1 atom stereocenters. The van der Waals surface area contributed by atoms with Gasteiger partial charge in [0.2, 0.25) is 0 Å². The molecule has 0 saturated carbocycles. The average molecular weight is 348 g/mol. The van der Waals surface area contributed by atoms with E-state index in [4.69, 9.17) is 11.6 Å². The Morgan fingerprint density at radius 2 is 2.05 bits per heavy atom. The SMILES string of the molecule is CCS(=O)(=O)C1CSCCN1CC(=O)c1ccc(Cl)cc1. The summed E-state index contributed by atoms with van der Waals surface area (Å²) >= 11 is 7.43. The van der Waals surface area contributed by atoms with Crippen molar-refractivity contribution in [2.45, 2.75) is 12.3 Å². The van der Waals surface area contributed by atoms with Gasteiger partial charge in [-0.15, -0.1) is 0 Å². The monoisotopic (exact) mass is 347 g/mol. The molecule has 0 aromatic heterocycles. The summed E-state index contributed by atoms with van der Waals surface area (Å²) in [6.45, 7) is 2.40. The molecule has 1 saturated heterocycles. The number of carbonyl (C=O) groups is 1. The maximum Gasteiger partial charge on any atom is 0.176 e. The quantitative estimate of drug-likeness (QED) is 0.765. The zero-order valence-corrected chi connectivity index (χ0v) is 14.2. The maximum atomic E-state index is 12.3. The highest BCUT2D eigenvalue weighted by molar-refractivity contribution is 8.01. The molecule has 0 spiro atoms. The van der Waals surface area contributed by atoms with Crippen molar-refractivity contribution in [2.24, 2.45) is 0 Å². The fourth-order valence-corrected chi connectivity index (χ4v) is 5.44. The number of halogens is 1. The van der Waals surface area contributed by atoms with Gasteiger partial charge in [-0.3, -0.25) is 9.69 Å². The molecule has 1 aliphatic heterocycles. The van der Waals surface area contributed by atoms with Gasteiger partial charge in [-0.2, -0.15) is 11.8 Å². The Morgan fingerprint density at radius 1 is 1.38 bits per heavy atom. The molecule has 0 N–H and O–H groups in total. The van der Waals surface area contributed by atoms with Crippen LogP contribution in [0.15, 0.2) is 24.3 Å². The molecule has 1 aromatic carbocycles. The van der Waals surface area contributed by atoms with Crippen LogP contribution in [0.25, 0.3) is 0 Å². The summed E-state index contributed by atoms with van der Waals surface area (Å²) in [6.07, 6.45) is 0. The number of nitrogens with zero attached hydrogens (tertiary/aromatic N) is 1. The minimum atomic E-state index is -3.17. The zero-order valence-electron chi connectivity index (χ0n) is 11.8. The van der Waals surface area contributed by atoms with Crippen molar-refractivity contribution in [1.82, 2.24) is 4.90 Å². The lowest BCUT2D eigenvalue weighted by Crippen LogP contribution is -2.49. The predicted molar refractivity (Wildman–Crippen MR) is 87.9 cm³/mol. The largest absolute Gasteiger partial charge is 0.293 e. The van der Waals surface area contributed by atoms with Gasteiger partial charge in [0, 0.05) is 34.4 Å². The van der Waals surface area contributed by atoms with Gasteiger partial charge in [0.1, 0.15) is 5.37 Å². The van der Waals surface area contributed by atoms with Crippen molar-refractivity contribution < 1.29 is 13.2 Å². The Balaban J connectivity index is 2.12. The molecule has 0 radical (unpaired) electrons. The summed E-state index contributed by atoms with van der Waals surface area (Å²) < 4.78 is 24.3. The molecule has 0 aliphatic carbocycles. The molecule has 1 heterocycles. The van der Waals surface area contributed by atoms with Crippen LogP contribution in [0.4, 0.5) is 0 Å². The Labute approximate surface area is 134 Å². The van der Waals surface area contributed by atoms with Crippen molar-refractivity contribution in [3.05, 3.63) is 34.9 Å². The second-order valence-electron chi connectivity index (χ2n) is 4.88. The topological polar surface area (TPSA) is 54.5 Å². The molecule has 0 amide bonds. The van der Waals surface area contributed by atoms with Crippen LogP contribution in [-0.2, 0) is 9.84 Å². The smallest absolute Gasteiger partial charge is 0.176 e. The second-order valence-corrected chi connectivity index (χ2v) is 8.92. The van der Waals surface area contributed by atoms with E-state index in [9.17, 15) is 13.2 Å². The first-order valence-corrected chi connectivity index (χ1v) is 10.0. The van der Waals surface area contributed by atoms with Crippen molar-refractivity contribution in [3.63, 3.8) is 0 Å². The highest BCUT2D eigenvalue weighted by atomic mass is 35.5. The molecule has 7 heteroatoms. The zero-order chi connectivity index (χ0) is 15.5. The van der Waals surface area contributed by atoms with E-state index < -0.39 is 15.2 Å². The lowest BCUT2D eigenvalue weighted by Gasteiger charge is -2.34. The first-order valence-electron chi connectivity index (χ1n) is 6.76. The Hall–Kier alpha value is -0.560. The van der Waals surface area contributed by atoms with E-state index in [2.05, 4.69) is 0 Å². The number of rotatable bonds is 5. The van der Waals surface area contributed by atoms with Crippen LogP contribution in [0.1, 0.15) is 17.3 Å². The van der Waals surface area contributed by atoms with E-state index in [-0.39, 0.29) is 18.1 Å². The van der Waals surface area contributed by atoms with E-state index in [1.807, 2.05) is 0 Å². The lowest BCUT2D eigenvalue weighted by molar-refractivity contribution is 0.0928. The van der Waals surface area contributed by atoms with Gasteiger partial charge in [0.25, 0.3) is 0 Å². The van der Waals surface area contributed by atoms with E-state index >= 15 is 0 Å². The minimum absolute atomic E-state index is 0.0742. The summed E-state index contributed by atoms with van der Waals surface area (Å²) in [6, 6.07) is 6.68. The Bertz CT molecular complexity index is 601. The fourth-order valence-electron chi connectivity index (χ4n) is 2.23. The Kier molecular flexibility index (Phi) is 5.71. The van der Waals surface area contributed by atoms with Gasteiger partial charge in [-0.05, 0) is 24.3 Å². The number of Topliss-reactive ketones (excluding diaryl/α,β-unsaturated/α-hetero) is 1. The van der Waals surface area contributed by atoms with Crippen LogP contribution >= 0.6 is 23.4 Å². The van der Waals surface area contributed by atoms with Gasteiger partial charge in [-0.25, -0.2) is 8.42 Å². The van der Waals surface area contributed by atoms with Gasteiger partial charge < -0.3 is 0 Å². The summed E-state index contributed by atoms with van der Waals surface area (Å²) in [5, 5.41) is 0.0184. The molecule has 21 heavy (non-hydrogen) atoms. The van der Waals surface area contributed by atoms with Crippen molar-refractivity contribution in [2.75, 3.05) is 30.3 Å². The third-order valence-corrected chi connectivity index (χ3v) is 7.10. The first kappa shape index (κ1) is 16.8. The summed E-state index contributed by atoms with van der Waals surface area (Å²) in [5.74, 6) is 1.41. The summed E-state index contributed by atoms with van der Waals surface area (Å²) in [7, 11) is -3.17. The number of sulfone groups is 1. The lowest BCUT2D eigenvalue weighted by atomic mass is 10.1. The van der Waals surface area contributed by atoms with E-state index in [1.165, 1.54) is 0 Å². The molecule has 4 nitrogen and oxygen atoms in total. The summed E-state index contributed by atoms with van der Waals surface area (Å²) in [5.41, 5.74) is 0.560. The highest BCUT2D eigenvalue weighted by Gasteiger charge is 2.33. The number of carbonyl (C=O) groups excluding carboxylic acids is 1. The van der Waals surface area contributed by atoms with Crippen LogP contribution in [0.5, 0.6) is 0 Å². The molecule has 2 rings (SSSR count). The molecule has 1 unspecified atom stereocenters. The number of thioether (sulfide) groups is 1. The van der Waals surface area contributed by atoms with Crippen molar-refractivity contribution in [3.8, 4) is 0 Å². The van der Waals surface area contributed by atoms with Gasteiger partial charge in [0.05, 0.1) is 6.54 Å². The third-order valence-electron chi connectivity index (χ3n) is 3.52. The molecule has 1 aliphatic rings. The molecular weight excluding hydrogens is 330 g/mol. The molecule has 0 bridgehead atoms. The van der Waals surface area contributed by atoms with Crippen LogP contribution in [0.3, 0.4) is 0 Å². The predicted octanol–water partition coefficient (Wildman–Crippen LogP) is 2.33. The summed E-state index contributed by atoms with van der Waals surface area (Å²) in [4.78, 5) is 14.1. The highest BCUT2D eigenvalue weighted by Crippen LogP contribution is 2.22. The van der Waals surface area contributed by atoms with E-state index in [0.717, 1.165) is 5.75 Å². The standard InChI is InChI=1S/C14H18ClNO3S2/c1-2-21(18,19)14-10-20-8-7-16(14)9-13(17)11-3-5-12(15)6-4-11/h3-6,14H,2,7-10H2,1H3. The molecular formula is C14H18ClNO3S2. The normalized spacial score (nSPS) is 20.4. The molecule has 116 valence electrons. The van der Waals surface area contributed by atoms with Crippen LogP contribution in [-0.4, -0.2) is 54.8 Å². The maximum absolute atomic E-state index is 12.3. The van der Waals surface area contributed by atoms with Crippen LogP contribution in [0, 0.1) is 0 Å². The van der Waals surface area contributed by atoms with Crippen molar-refractivity contribution >= 4 is 39.0 Å². The molecule has 1 aromatic rings. The van der Waals surface area contributed by atoms with Gasteiger partial charge in [0.15, 0.2) is 15.6 Å². The Morgan fingerprint density at radius 3 is 2.67 bits per heavy atom. The van der Waals surface area contributed by atoms with Gasteiger partial charge in [-0.1, -0.05) is 18.5 Å². The first-order chi connectivity index (χ1) is 9.94.